The van der Waals surface area contributed by atoms with Crippen molar-refractivity contribution in [3.63, 3.8) is 0 Å². The molecular weight excluding hydrogens is 266 g/mol. The number of nitrogens with zero attached hydrogens (tertiary/aromatic N) is 5. The summed E-state index contributed by atoms with van der Waals surface area (Å²) in [6.07, 6.45) is 2.61. The Morgan fingerprint density at radius 2 is 1.95 bits per heavy atom. The SMILES string of the molecule is CC(C)CC(=O)N1CCN(c2nnc3ccccn23)CC1. The van der Waals surface area contributed by atoms with Gasteiger partial charge in [0, 0.05) is 38.8 Å². The van der Waals surface area contributed by atoms with Crippen LogP contribution in [0.4, 0.5) is 5.95 Å². The molecule has 1 amide bonds. The zero-order valence-electron chi connectivity index (χ0n) is 12.6. The number of pyridine rings is 1. The van der Waals surface area contributed by atoms with Crippen molar-refractivity contribution >= 4 is 17.5 Å². The highest BCUT2D eigenvalue weighted by Gasteiger charge is 2.23. The molecule has 0 atom stereocenters. The summed E-state index contributed by atoms with van der Waals surface area (Å²) in [6, 6.07) is 5.87. The number of amides is 1. The topological polar surface area (TPSA) is 53.7 Å². The minimum absolute atomic E-state index is 0.260. The molecule has 2 aromatic rings. The first-order valence-electron chi connectivity index (χ1n) is 7.47. The van der Waals surface area contributed by atoms with Crippen LogP contribution in [0.25, 0.3) is 5.65 Å². The number of piperazine rings is 1. The lowest BCUT2D eigenvalue weighted by molar-refractivity contribution is -0.132. The van der Waals surface area contributed by atoms with Crippen molar-refractivity contribution in [3.05, 3.63) is 24.4 Å². The molecule has 3 rings (SSSR count). The molecule has 1 aliphatic heterocycles. The van der Waals surface area contributed by atoms with E-state index in [1.807, 2.05) is 33.7 Å². The van der Waals surface area contributed by atoms with Crippen LogP contribution >= 0.6 is 0 Å². The monoisotopic (exact) mass is 287 g/mol. The molecule has 0 aromatic carbocycles. The average molecular weight is 287 g/mol. The molecule has 6 heteroatoms. The van der Waals surface area contributed by atoms with Crippen LogP contribution in [-0.2, 0) is 4.79 Å². The summed E-state index contributed by atoms with van der Waals surface area (Å²) in [5.41, 5.74) is 0.853. The van der Waals surface area contributed by atoms with Gasteiger partial charge >= 0.3 is 0 Å². The highest BCUT2D eigenvalue weighted by atomic mass is 16.2. The third kappa shape index (κ3) is 2.84. The fourth-order valence-corrected chi connectivity index (χ4v) is 2.68. The smallest absolute Gasteiger partial charge is 0.231 e. The number of aromatic nitrogens is 3. The van der Waals surface area contributed by atoms with E-state index in [4.69, 9.17) is 0 Å². The van der Waals surface area contributed by atoms with Crippen LogP contribution in [0.5, 0.6) is 0 Å². The third-order valence-electron chi connectivity index (χ3n) is 3.79. The Bertz CT molecular complexity index is 628. The van der Waals surface area contributed by atoms with Gasteiger partial charge in [-0.3, -0.25) is 9.20 Å². The fraction of sp³-hybridized carbons (Fsp3) is 0.533. The van der Waals surface area contributed by atoms with Crippen molar-refractivity contribution in [2.24, 2.45) is 5.92 Å². The minimum atomic E-state index is 0.260. The van der Waals surface area contributed by atoms with Gasteiger partial charge in [0.05, 0.1) is 0 Å². The Hall–Kier alpha value is -2.11. The second-order valence-corrected chi connectivity index (χ2v) is 5.89. The predicted octanol–water partition coefficient (Wildman–Crippen LogP) is 1.42. The molecule has 0 spiro atoms. The molecule has 1 saturated heterocycles. The fourth-order valence-electron chi connectivity index (χ4n) is 2.68. The first kappa shape index (κ1) is 13.9. The van der Waals surface area contributed by atoms with Crippen LogP contribution < -0.4 is 4.90 Å². The molecule has 0 unspecified atom stereocenters. The van der Waals surface area contributed by atoms with Gasteiger partial charge in [-0.2, -0.15) is 0 Å². The molecule has 3 heterocycles. The zero-order chi connectivity index (χ0) is 14.8. The molecule has 0 saturated carbocycles. The molecule has 0 N–H and O–H groups in total. The van der Waals surface area contributed by atoms with Crippen LogP contribution in [0.2, 0.25) is 0 Å². The van der Waals surface area contributed by atoms with E-state index >= 15 is 0 Å². The van der Waals surface area contributed by atoms with E-state index in [9.17, 15) is 4.79 Å². The van der Waals surface area contributed by atoms with Crippen LogP contribution in [0.1, 0.15) is 20.3 Å². The number of carbonyl (C=O) groups excluding carboxylic acids is 1. The second-order valence-electron chi connectivity index (χ2n) is 5.89. The lowest BCUT2D eigenvalue weighted by Gasteiger charge is -2.35. The second kappa shape index (κ2) is 5.71. The Morgan fingerprint density at radius 3 is 2.67 bits per heavy atom. The van der Waals surface area contributed by atoms with Gasteiger partial charge in [0.25, 0.3) is 0 Å². The third-order valence-corrected chi connectivity index (χ3v) is 3.79. The van der Waals surface area contributed by atoms with Crippen molar-refractivity contribution in [2.75, 3.05) is 31.1 Å². The zero-order valence-corrected chi connectivity index (χ0v) is 12.6. The van der Waals surface area contributed by atoms with E-state index in [-0.39, 0.29) is 5.91 Å². The molecule has 1 aliphatic rings. The molecule has 0 radical (unpaired) electrons. The summed E-state index contributed by atoms with van der Waals surface area (Å²) in [5.74, 6) is 1.54. The lowest BCUT2D eigenvalue weighted by Crippen LogP contribution is -2.49. The van der Waals surface area contributed by atoms with Gasteiger partial charge in [0.1, 0.15) is 0 Å². The van der Waals surface area contributed by atoms with Crippen molar-refractivity contribution in [1.29, 1.82) is 0 Å². The van der Waals surface area contributed by atoms with Crippen LogP contribution in [0.15, 0.2) is 24.4 Å². The van der Waals surface area contributed by atoms with Gasteiger partial charge in [-0.15, -0.1) is 10.2 Å². The summed E-state index contributed by atoms with van der Waals surface area (Å²) in [5, 5.41) is 8.45. The predicted molar refractivity (Wildman–Crippen MR) is 81.2 cm³/mol. The number of hydrogen-bond acceptors (Lipinski definition) is 4. The number of hydrogen-bond donors (Lipinski definition) is 0. The quantitative estimate of drug-likeness (QED) is 0.857. The highest BCUT2D eigenvalue weighted by Crippen LogP contribution is 2.16. The highest BCUT2D eigenvalue weighted by molar-refractivity contribution is 5.76. The first-order valence-corrected chi connectivity index (χ1v) is 7.47. The summed E-state index contributed by atoms with van der Waals surface area (Å²) in [4.78, 5) is 16.2. The number of carbonyl (C=O) groups is 1. The Labute approximate surface area is 124 Å². The normalized spacial score (nSPS) is 16.0. The van der Waals surface area contributed by atoms with E-state index in [0.29, 0.717) is 12.3 Å². The maximum atomic E-state index is 12.1. The van der Waals surface area contributed by atoms with Crippen molar-refractivity contribution in [2.45, 2.75) is 20.3 Å². The van der Waals surface area contributed by atoms with Crippen LogP contribution in [0.3, 0.4) is 0 Å². The molecule has 6 nitrogen and oxygen atoms in total. The summed E-state index contributed by atoms with van der Waals surface area (Å²) in [6.45, 7) is 7.28. The van der Waals surface area contributed by atoms with Gasteiger partial charge in [-0.25, -0.2) is 0 Å². The van der Waals surface area contributed by atoms with Crippen molar-refractivity contribution in [3.8, 4) is 0 Å². The van der Waals surface area contributed by atoms with Gasteiger partial charge < -0.3 is 9.80 Å². The van der Waals surface area contributed by atoms with Gasteiger partial charge in [0.2, 0.25) is 11.9 Å². The number of fused-ring (bicyclic) bond motifs is 1. The summed E-state index contributed by atoms with van der Waals surface area (Å²) in [7, 11) is 0. The average Bonchev–Trinajstić information content (AvgIpc) is 2.90. The Kier molecular flexibility index (Phi) is 3.77. The van der Waals surface area contributed by atoms with Crippen molar-refractivity contribution < 1.29 is 4.79 Å². The van der Waals surface area contributed by atoms with E-state index < -0.39 is 0 Å². The van der Waals surface area contributed by atoms with Gasteiger partial charge in [-0.1, -0.05) is 19.9 Å². The number of rotatable bonds is 3. The Morgan fingerprint density at radius 1 is 1.19 bits per heavy atom. The lowest BCUT2D eigenvalue weighted by atomic mass is 10.1. The molecule has 21 heavy (non-hydrogen) atoms. The Balaban J connectivity index is 1.67. The van der Waals surface area contributed by atoms with Crippen molar-refractivity contribution in [1.82, 2.24) is 19.5 Å². The molecular formula is C15H21N5O. The van der Waals surface area contributed by atoms with Crippen LogP contribution in [0, 0.1) is 5.92 Å². The maximum Gasteiger partial charge on any atom is 0.231 e. The first-order chi connectivity index (χ1) is 10.1. The van der Waals surface area contributed by atoms with Crippen LogP contribution in [-0.4, -0.2) is 51.6 Å². The van der Waals surface area contributed by atoms with E-state index in [0.717, 1.165) is 37.8 Å². The standard InChI is InChI=1S/C15H21N5O/c1-12(2)11-14(21)18-7-9-19(10-8-18)15-17-16-13-5-3-4-6-20(13)15/h3-6,12H,7-11H2,1-2H3. The van der Waals surface area contributed by atoms with Gasteiger partial charge in [-0.05, 0) is 18.1 Å². The minimum Gasteiger partial charge on any atom is -0.339 e. The molecule has 0 aliphatic carbocycles. The maximum absolute atomic E-state index is 12.1. The van der Waals surface area contributed by atoms with E-state index in [1.54, 1.807) is 0 Å². The van der Waals surface area contributed by atoms with E-state index in [1.165, 1.54) is 0 Å². The number of anilines is 1. The van der Waals surface area contributed by atoms with E-state index in [2.05, 4.69) is 28.9 Å². The summed E-state index contributed by atoms with van der Waals surface area (Å²) >= 11 is 0. The molecule has 112 valence electrons. The largest absolute Gasteiger partial charge is 0.339 e. The molecule has 1 fully saturated rings. The molecule has 2 aromatic heterocycles. The van der Waals surface area contributed by atoms with Gasteiger partial charge in [0.15, 0.2) is 5.65 Å². The molecule has 0 bridgehead atoms. The summed E-state index contributed by atoms with van der Waals surface area (Å²) < 4.78 is 1.99.